The number of hydrogen-bond donors (Lipinski definition) is 2. The highest BCUT2D eigenvalue weighted by atomic mass is 127. The highest BCUT2D eigenvalue weighted by Gasteiger charge is 2.30. The van der Waals surface area contributed by atoms with Crippen molar-refractivity contribution in [3.05, 3.63) is 65.7 Å². The van der Waals surface area contributed by atoms with Crippen LogP contribution in [0.15, 0.2) is 64.5 Å². The summed E-state index contributed by atoms with van der Waals surface area (Å²) in [6.07, 6.45) is -4.36. The Hall–Kier alpha value is -1.62. The first-order valence-corrected chi connectivity index (χ1v) is 9.26. The molecule has 2 N–H and O–H groups in total. The zero-order valence-corrected chi connectivity index (χ0v) is 17.8. The normalized spacial score (nSPS) is 12.8. The summed E-state index contributed by atoms with van der Waals surface area (Å²) >= 11 is 0. The molecule has 0 heterocycles. The monoisotopic (exact) mass is 511 g/mol. The number of hydrogen-bond acceptors (Lipinski definition) is 2. The lowest BCUT2D eigenvalue weighted by atomic mass is 10.1. The highest BCUT2D eigenvalue weighted by molar-refractivity contribution is 14.0. The molecule has 2 aromatic carbocycles. The van der Waals surface area contributed by atoms with E-state index in [9.17, 15) is 17.4 Å². The van der Waals surface area contributed by atoms with Crippen molar-refractivity contribution in [1.29, 1.82) is 0 Å². The number of nitrogens with zero attached hydrogens (tertiary/aromatic N) is 1. The lowest BCUT2D eigenvalue weighted by molar-refractivity contribution is -0.137. The molecule has 27 heavy (non-hydrogen) atoms. The van der Waals surface area contributed by atoms with E-state index in [-0.39, 0.29) is 30.5 Å². The SMILES string of the molecule is CN=C(NCCS(=O)c1ccccc1)NCc1cccc(C(F)(F)F)c1.I. The Morgan fingerprint density at radius 3 is 2.41 bits per heavy atom. The van der Waals surface area contributed by atoms with Gasteiger partial charge in [-0.05, 0) is 29.8 Å². The molecular weight excluding hydrogens is 490 g/mol. The van der Waals surface area contributed by atoms with Crippen molar-refractivity contribution in [3.8, 4) is 0 Å². The number of nitrogens with one attached hydrogen (secondary N) is 2. The molecule has 0 aliphatic carbocycles. The molecule has 0 saturated heterocycles. The van der Waals surface area contributed by atoms with Crippen molar-refractivity contribution in [3.63, 3.8) is 0 Å². The number of guanidine groups is 1. The van der Waals surface area contributed by atoms with Gasteiger partial charge in [0, 0.05) is 30.8 Å². The summed E-state index contributed by atoms with van der Waals surface area (Å²) in [5.41, 5.74) is -0.186. The minimum Gasteiger partial charge on any atom is -0.355 e. The lowest BCUT2D eigenvalue weighted by Crippen LogP contribution is -2.38. The van der Waals surface area contributed by atoms with Crippen molar-refractivity contribution in [1.82, 2.24) is 10.6 Å². The molecule has 0 amide bonds. The summed E-state index contributed by atoms with van der Waals surface area (Å²) in [5, 5.41) is 5.96. The number of rotatable bonds is 6. The molecular formula is C18H21F3IN3OS. The van der Waals surface area contributed by atoms with Gasteiger partial charge in [0.15, 0.2) is 5.96 Å². The maximum atomic E-state index is 12.7. The van der Waals surface area contributed by atoms with Crippen molar-refractivity contribution < 1.29 is 17.4 Å². The number of alkyl halides is 3. The fourth-order valence-electron chi connectivity index (χ4n) is 2.22. The molecule has 1 atom stereocenters. The molecule has 0 bridgehead atoms. The summed E-state index contributed by atoms with van der Waals surface area (Å²) in [5.74, 6) is 0.835. The van der Waals surface area contributed by atoms with Gasteiger partial charge in [-0.15, -0.1) is 24.0 Å². The van der Waals surface area contributed by atoms with Crippen LogP contribution in [0.5, 0.6) is 0 Å². The average Bonchev–Trinajstić information content (AvgIpc) is 2.64. The van der Waals surface area contributed by atoms with Gasteiger partial charge in [0.1, 0.15) is 0 Å². The van der Waals surface area contributed by atoms with E-state index in [2.05, 4.69) is 15.6 Å². The molecule has 0 saturated carbocycles. The predicted octanol–water partition coefficient (Wildman–Crippen LogP) is 3.80. The van der Waals surface area contributed by atoms with E-state index in [4.69, 9.17) is 0 Å². The Morgan fingerprint density at radius 2 is 1.78 bits per heavy atom. The fourth-order valence-corrected chi connectivity index (χ4v) is 3.20. The van der Waals surface area contributed by atoms with Gasteiger partial charge in [-0.3, -0.25) is 9.20 Å². The molecule has 2 rings (SSSR count). The minimum atomic E-state index is -4.36. The van der Waals surface area contributed by atoms with Gasteiger partial charge in [0.2, 0.25) is 0 Å². The van der Waals surface area contributed by atoms with Crippen LogP contribution in [0.25, 0.3) is 0 Å². The number of aliphatic imine (C=N–C) groups is 1. The molecule has 0 radical (unpaired) electrons. The Bertz CT molecular complexity index is 770. The summed E-state index contributed by atoms with van der Waals surface area (Å²) in [7, 11) is 0.440. The second kappa shape index (κ2) is 11.3. The van der Waals surface area contributed by atoms with Crippen molar-refractivity contribution >= 4 is 40.7 Å². The van der Waals surface area contributed by atoms with Crippen LogP contribution in [0.1, 0.15) is 11.1 Å². The molecule has 0 fully saturated rings. The van der Waals surface area contributed by atoms with E-state index in [0.29, 0.717) is 23.8 Å². The zero-order valence-electron chi connectivity index (χ0n) is 14.6. The zero-order chi connectivity index (χ0) is 19.0. The quantitative estimate of drug-likeness (QED) is 0.353. The second-order valence-corrected chi connectivity index (χ2v) is 6.98. The predicted molar refractivity (Wildman–Crippen MR) is 113 cm³/mol. The van der Waals surface area contributed by atoms with Crippen LogP contribution in [0.2, 0.25) is 0 Å². The van der Waals surface area contributed by atoms with Gasteiger partial charge in [-0.2, -0.15) is 13.2 Å². The number of halogens is 4. The van der Waals surface area contributed by atoms with E-state index >= 15 is 0 Å². The molecule has 4 nitrogen and oxygen atoms in total. The Morgan fingerprint density at radius 1 is 1.07 bits per heavy atom. The summed E-state index contributed by atoms with van der Waals surface area (Å²) in [6.45, 7) is 0.620. The fraction of sp³-hybridized carbons (Fsp3) is 0.278. The highest BCUT2D eigenvalue weighted by Crippen LogP contribution is 2.29. The Labute approximate surface area is 176 Å². The third-order valence-electron chi connectivity index (χ3n) is 3.52. The van der Waals surface area contributed by atoms with Crippen LogP contribution in [0, 0.1) is 0 Å². The minimum absolute atomic E-state index is 0. The third kappa shape index (κ3) is 7.87. The molecule has 9 heteroatoms. The summed E-state index contributed by atoms with van der Waals surface area (Å²) in [4.78, 5) is 4.77. The largest absolute Gasteiger partial charge is 0.416 e. The third-order valence-corrected chi connectivity index (χ3v) is 4.90. The summed E-state index contributed by atoms with van der Waals surface area (Å²) < 4.78 is 50.3. The maximum absolute atomic E-state index is 12.7. The van der Waals surface area contributed by atoms with E-state index in [0.717, 1.165) is 17.0 Å². The van der Waals surface area contributed by atoms with Crippen LogP contribution < -0.4 is 10.6 Å². The standard InChI is InChI=1S/C18H20F3N3OS.HI/c1-22-17(23-10-11-26(25)16-8-3-2-4-9-16)24-13-14-6-5-7-15(12-14)18(19,20)21;/h2-9,12H,10-11,13H2,1H3,(H2,22,23,24);1H. The van der Waals surface area contributed by atoms with Crippen LogP contribution in [0.3, 0.4) is 0 Å². The molecule has 0 aliphatic rings. The average molecular weight is 511 g/mol. The van der Waals surface area contributed by atoms with Crippen LogP contribution in [-0.4, -0.2) is 29.5 Å². The second-order valence-electron chi connectivity index (χ2n) is 5.41. The molecule has 0 aliphatic heterocycles. The van der Waals surface area contributed by atoms with Gasteiger partial charge in [-0.1, -0.05) is 30.3 Å². The van der Waals surface area contributed by atoms with E-state index in [1.165, 1.54) is 6.07 Å². The Kier molecular flexibility index (Phi) is 9.78. The first-order valence-electron chi connectivity index (χ1n) is 7.94. The van der Waals surface area contributed by atoms with Gasteiger partial charge in [-0.25, -0.2) is 0 Å². The first-order chi connectivity index (χ1) is 12.4. The smallest absolute Gasteiger partial charge is 0.355 e. The van der Waals surface area contributed by atoms with Crippen LogP contribution >= 0.6 is 24.0 Å². The van der Waals surface area contributed by atoms with Crippen molar-refractivity contribution in [2.45, 2.75) is 17.6 Å². The Balaban J connectivity index is 0.00000364. The van der Waals surface area contributed by atoms with E-state index in [1.54, 1.807) is 25.2 Å². The van der Waals surface area contributed by atoms with Gasteiger partial charge < -0.3 is 10.6 Å². The lowest BCUT2D eigenvalue weighted by Gasteiger charge is -2.13. The maximum Gasteiger partial charge on any atom is 0.416 e. The molecule has 0 spiro atoms. The van der Waals surface area contributed by atoms with Gasteiger partial charge in [0.25, 0.3) is 0 Å². The van der Waals surface area contributed by atoms with Crippen molar-refractivity contribution in [2.24, 2.45) is 4.99 Å². The van der Waals surface area contributed by atoms with Crippen LogP contribution in [-0.2, 0) is 23.5 Å². The van der Waals surface area contributed by atoms with Gasteiger partial charge >= 0.3 is 6.18 Å². The van der Waals surface area contributed by atoms with E-state index < -0.39 is 22.5 Å². The van der Waals surface area contributed by atoms with Crippen LogP contribution in [0.4, 0.5) is 13.2 Å². The van der Waals surface area contributed by atoms with Crippen molar-refractivity contribution in [2.75, 3.05) is 19.3 Å². The molecule has 148 valence electrons. The molecule has 2 aromatic rings. The molecule has 0 aromatic heterocycles. The van der Waals surface area contributed by atoms with Gasteiger partial charge in [0.05, 0.1) is 16.4 Å². The topological polar surface area (TPSA) is 53.5 Å². The summed E-state index contributed by atoms with van der Waals surface area (Å²) in [6, 6.07) is 14.2. The number of benzene rings is 2. The van der Waals surface area contributed by atoms with E-state index in [1.807, 2.05) is 18.2 Å². The molecule has 1 unspecified atom stereocenters. The first kappa shape index (κ1) is 23.4.